The second-order valence-electron chi connectivity index (χ2n) is 6.90. The van der Waals surface area contributed by atoms with Crippen LogP contribution < -0.4 is 4.90 Å². The van der Waals surface area contributed by atoms with Gasteiger partial charge in [-0.15, -0.1) is 0 Å². The first-order valence-corrected chi connectivity index (χ1v) is 9.35. The van der Waals surface area contributed by atoms with Crippen molar-refractivity contribution >= 4 is 17.2 Å². The molecule has 0 saturated carbocycles. The lowest BCUT2D eigenvalue weighted by Crippen LogP contribution is -2.20. The topological polar surface area (TPSA) is 33.4 Å². The molecule has 0 fully saturated rings. The molecule has 2 aromatic heterocycles. The lowest BCUT2D eigenvalue weighted by Gasteiger charge is -2.24. The van der Waals surface area contributed by atoms with Crippen LogP contribution in [-0.4, -0.2) is 21.1 Å². The van der Waals surface area contributed by atoms with Crippen LogP contribution in [0.5, 0.6) is 0 Å². The molecule has 0 atom stereocenters. The normalized spacial score (nSPS) is 11.1. The third-order valence-electron chi connectivity index (χ3n) is 4.87. The summed E-state index contributed by atoms with van der Waals surface area (Å²) in [6, 6.07) is 21.1. The summed E-state index contributed by atoms with van der Waals surface area (Å²) in [5.74, 6) is 1.03. The highest BCUT2D eigenvalue weighted by Gasteiger charge is 2.19. The number of anilines is 2. The molecule has 0 radical (unpaired) electrons. The average Bonchev–Trinajstić information content (AvgIpc) is 3.00. The van der Waals surface area contributed by atoms with Gasteiger partial charge in [-0.3, -0.25) is 0 Å². The molecule has 0 aliphatic carbocycles. The molecule has 4 nitrogen and oxygen atoms in total. The summed E-state index contributed by atoms with van der Waals surface area (Å²) >= 11 is 0. The van der Waals surface area contributed by atoms with Crippen LogP contribution in [0.15, 0.2) is 60.7 Å². The number of fused-ring (bicyclic) bond motifs is 1. The van der Waals surface area contributed by atoms with Crippen molar-refractivity contribution in [2.45, 2.75) is 27.7 Å². The molecule has 27 heavy (non-hydrogen) atoms. The molecule has 0 amide bonds. The lowest BCUT2D eigenvalue weighted by atomic mass is 10.0. The van der Waals surface area contributed by atoms with Crippen LogP contribution in [0.1, 0.15) is 23.9 Å². The first kappa shape index (κ1) is 17.3. The number of hydrogen-bond donors (Lipinski definition) is 0. The van der Waals surface area contributed by atoms with Crippen molar-refractivity contribution in [1.29, 1.82) is 0 Å². The van der Waals surface area contributed by atoms with E-state index in [1.165, 1.54) is 5.56 Å². The van der Waals surface area contributed by atoms with Crippen molar-refractivity contribution < 1.29 is 0 Å². The Morgan fingerprint density at radius 3 is 2.30 bits per heavy atom. The first-order valence-electron chi connectivity index (χ1n) is 9.35. The third kappa shape index (κ3) is 3.08. The Morgan fingerprint density at radius 2 is 1.63 bits per heavy atom. The van der Waals surface area contributed by atoms with E-state index in [0.717, 1.165) is 46.2 Å². The number of rotatable bonds is 4. The van der Waals surface area contributed by atoms with Gasteiger partial charge in [0.15, 0.2) is 5.65 Å². The molecule has 2 aromatic carbocycles. The standard InChI is InChI=1S/C23H24N4/c1-5-26(20-9-7-6-8-10-20)21-15-17(3)24-23-22(18(4)25-27(21)23)19-13-11-16(2)12-14-19/h6-15H,5H2,1-4H3. The Morgan fingerprint density at radius 1 is 0.926 bits per heavy atom. The molecule has 0 saturated heterocycles. The summed E-state index contributed by atoms with van der Waals surface area (Å²) in [6.45, 7) is 9.21. The molecule has 0 unspecified atom stereocenters. The van der Waals surface area contributed by atoms with E-state index in [0.29, 0.717) is 0 Å². The van der Waals surface area contributed by atoms with Gasteiger partial charge in [-0.05, 0) is 45.4 Å². The fraction of sp³-hybridized carbons (Fsp3) is 0.217. The zero-order valence-corrected chi connectivity index (χ0v) is 16.3. The Labute approximate surface area is 160 Å². The van der Waals surface area contributed by atoms with Crippen LogP contribution in [0.25, 0.3) is 16.8 Å². The van der Waals surface area contributed by atoms with Gasteiger partial charge < -0.3 is 4.90 Å². The second-order valence-corrected chi connectivity index (χ2v) is 6.90. The summed E-state index contributed by atoms with van der Waals surface area (Å²) < 4.78 is 1.98. The maximum Gasteiger partial charge on any atom is 0.165 e. The Balaban J connectivity index is 1.96. The molecule has 4 rings (SSSR count). The molecule has 2 heterocycles. The van der Waals surface area contributed by atoms with Crippen LogP contribution in [0.3, 0.4) is 0 Å². The zero-order valence-electron chi connectivity index (χ0n) is 16.3. The molecule has 0 aliphatic rings. The quantitative estimate of drug-likeness (QED) is 0.485. The van der Waals surface area contributed by atoms with E-state index in [2.05, 4.69) is 80.3 Å². The van der Waals surface area contributed by atoms with E-state index >= 15 is 0 Å². The van der Waals surface area contributed by atoms with Crippen LogP contribution in [-0.2, 0) is 0 Å². The van der Waals surface area contributed by atoms with Gasteiger partial charge in [-0.2, -0.15) is 9.61 Å². The number of para-hydroxylation sites is 1. The highest BCUT2D eigenvalue weighted by molar-refractivity contribution is 5.81. The number of aromatic nitrogens is 3. The van der Waals surface area contributed by atoms with E-state index in [4.69, 9.17) is 10.1 Å². The van der Waals surface area contributed by atoms with Crippen LogP contribution in [0.4, 0.5) is 11.5 Å². The van der Waals surface area contributed by atoms with E-state index in [-0.39, 0.29) is 0 Å². The molecule has 4 aromatic rings. The zero-order chi connectivity index (χ0) is 19.0. The highest BCUT2D eigenvalue weighted by Crippen LogP contribution is 2.32. The van der Waals surface area contributed by atoms with Crippen molar-refractivity contribution in [1.82, 2.24) is 14.6 Å². The summed E-state index contributed by atoms with van der Waals surface area (Å²) in [6.07, 6.45) is 0. The Kier molecular flexibility index (Phi) is 4.40. The van der Waals surface area contributed by atoms with E-state index < -0.39 is 0 Å². The second kappa shape index (κ2) is 6.88. The van der Waals surface area contributed by atoms with Gasteiger partial charge in [0.25, 0.3) is 0 Å². The third-order valence-corrected chi connectivity index (χ3v) is 4.87. The first-order chi connectivity index (χ1) is 13.1. The minimum Gasteiger partial charge on any atom is -0.326 e. The minimum absolute atomic E-state index is 0.849. The Bertz CT molecular complexity index is 1080. The number of benzene rings is 2. The van der Waals surface area contributed by atoms with Crippen LogP contribution >= 0.6 is 0 Å². The average molecular weight is 356 g/mol. The molecular weight excluding hydrogens is 332 g/mol. The van der Waals surface area contributed by atoms with Gasteiger partial charge in [-0.25, -0.2) is 4.98 Å². The lowest BCUT2D eigenvalue weighted by molar-refractivity contribution is 0.862. The van der Waals surface area contributed by atoms with Gasteiger partial charge >= 0.3 is 0 Å². The Hall–Kier alpha value is -3.14. The van der Waals surface area contributed by atoms with Crippen LogP contribution in [0.2, 0.25) is 0 Å². The molecule has 4 heteroatoms. The molecule has 0 N–H and O–H groups in total. The summed E-state index contributed by atoms with van der Waals surface area (Å²) in [5.41, 5.74) is 7.53. The predicted octanol–water partition coefficient (Wildman–Crippen LogP) is 5.48. The fourth-order valence-electron chi connectivity index (χ4n) is 3.56. The molecule has 0 aliphatic heterocycles. The van der Waals surface area contributed by atoms with Crippen molar-refractivity contribution in [2.24, 2.45) is 0 Å². The molecule has 0 spiro atoms. The van der Waals surface area contributed by atoms with Crippen LogP contribution in [0, 0.1) is 20.8 Å². The maximum atomic E-state index is 4.86. The number of hydrogen-bond acceptors (Lipinski definition) is 3. The number of nitrogens with zero attached hydrogens (tertiary/aromatic N) is 4. The van der Waals surface area contributed by atoms with Gasteiger partial charge in [0.2, 0.25) is 0 Å². The fourth-order valence-corrected chi connectivity index (χ4v) is 3.56. The smallest absolute Gasteiger partial charge is 0.165 e. The summed E-state index contributed by atoms with van der Waals surface area (Å²) in [5, 5.41) is 4.86. The highest BCUT2D eigenvalue weighted by atomic mass is 15.4. The number of aryl methyl sites for hydroxylation is 3. The largest absolute Gasteiger partial charge is 0.326 e. The SMILES string of the molecule is CCN(c1ccccc1)c1cc(C)nc2c(-c3ccc(C)cc3)c(C)nn12. The minimum atomic E-state index is 0.849. The molecule has 0 bridgehead atoms. The van der Waals surface area contributed by atoms with Gasteiger partial charge in [-0.1, -0.05) is 48.0 Å². The van der Waals surface area contributed by atoms with E-state index in [1.54, 1.807) is 0 Å². The van der Waals surface area contributed by atoms with Crippen molar-refractivity contribution in [3.05, 3.63) is 77.6 Å². The molecule has 136 valence electrons. The molecular formula is C23H24N4. The summed E-state index contributed by atoms with van der Waals surface area (Å²) in [4.78, 5) is 7.11. The van der Waals surface area contributed by atoms with Crippen molar-refractivity contribution in [2.75, 3.05) is 11.4 Å². The van der Waals surface area contributed by atoms with Crippen molar-refractivity contribution in [3.8, 4) is 11.1 Å². The van der Waals surface area contributed by atoms with Gasteiger partial charge in [0.1, 0.15) is 5.82 Å². The van der Waals surface area contributed by atoms with Gasteiger partial charge in [0, 0.05) is 29.6 Å². The monoisotopic (exact) mass is 356 g/mol. The van der Waals surface area contributed by atoms with Gasteiger partial charge in [0.05, 0.1) is 5.69 Å². The van der Waals surface area contributed by atoms with Crippen molar-refractivity contribution in [3.63, 3.8) is 0 Å². The van der Waals surface area contributed by atoms with E-state index in [1.807, 2.05) is 17.5 Å². The van der Waals surface area contributed by atoms with E-state index in [9.17, 15) is 0 Å². The predicted molar refractivity (Wildman–Crippen MR) is 112 cm³/mol. The maximum absolute atomic E-state index is 4.86. The summed E-state index contributed by atoms with van der Waals surface area (Å²) in [7, 11) is 0.